The van der Waals surface area contributed by atoms with Gasteiger partial charge in [-0.25, -0.2) is 0 Å². The summed E-state index contributed by atoms with van der Waals surface area (Å²) in [6, 6.07) is 71.7. The summed E-state index contributed by atoms with van der Waals surface area (Å²) < 4.78 is 2.40. The fourth-order valence-corrected chi connectivity index (χ4v) is 7.09. The first-order valence-corrected chi connectivity index (χ1v) is 17.1. The minimum Gasteiger partial charge on any atom is -0.355 e. The van der Waals surface area contributed by atoms with Gasteiger partial charge in [0.2, 0.25) is 0 Å². The van der Waals surface area contributed by atoms with E-state index in [1.165, 1.54) is 66.3 Å². The van der Waals surface area contributed by atoms with Crippen molar-refractivity contribution in [2.75, 3.05) is 5.32 Å². The quantitative estimate of drug-likeness (QED) is 0.184. The zero-order valence-electron chi connectivity index (χ0n) is 27.5. The normalized spacial score (nSPS) is 11.2. The largest absolute Gasteiger partial charge is 0.355 e. The Hall–Kier alpha value is -6.64. The standard InChI is InChI=1S/C48H34N2/c1-5-13-34(14-6-1)36-21-26-42(27-22-36)50-47-29-24-38(35-15-7-2-8-16-35)32-44(47)45-33-40(25-30-48(45)50)39-23-28-46(49-41-19-11-4-12-20-41)43(31-39)37-17-9-3-10-18-37/h1-33,49H. The van der Waals surface area contributed by atoms with Crippen molar-refractivity contribution in [1.82, 2.24) is 4.57 Å². The van der Waals surface area contributed by atoms with Gasteiger partial charge in [0.25, 0.3) is 0 Å². The summed E-state index contributed by atoms with van der Waals surface area (Å²) in [5.74, 6) is 0. The predicted molar refractivity (Wildman–Crippen MR) is 212 cm³/mol. The van der Waals surface area contributed by atoms with Crippen LogP contribution >= 0.6 is 0 Å². The monoisotopic (exact) mass is 638 g/mol. The first-order chi connectivity index (χ1) is 24.8. The second-order valence-electron chi connectivity index (χ2n) is 12.7. The van der Waals surface area contributed by atoms with Gasteiger partial charge < -0.3 is 9.88 Å². The minimum atomic E-state index is 1.07. The Morgan fingerprint density at radius 2 is 0.740 bits per heavy atom. The molecule has 0 unspecified atom stereocenters. The maximum absolute atomic E-state index is 3.66. The molecule has 8 aromatic carbocycles. The summed E-state index contributed by atoms with van der Waals surface area (Å²) in [4.78, 5) is 0. The van der Waals surface area contributed by atoms with Gasteiger partial charge >= 0.3 is 0 Å². The second kappa shape index (κ2) is 12.8. The molecule has 1 N–H and O–H groups in total. The molecule has 0 aliphatic rings. The lowest BCUT2D eigenvalue weighted by molar-refractivity contribution is 1.18. The van der Waals surface area contributed by atoms with Crippen molar-refractivity contribution in [2.45, 2.75) is 0 Å². The molecule has 0 radical (unpaired) electrons. The third-order valence-corrected chi connectivity index (χ3v) is 9.60. The van der Waals surface area contributed by atoms with E-state index in [9.17, 15) is 0 Å². The van der Waals surface area contributed by atoms with Crippen LogP contribution in [0.15, 0.2) is 200 Å². The maximum atomic E-state index is 3.66. The van der Waals surface area contributed by atoms with Crippen molar-refractivity contribution in [2.24, 2.45) is 0 Å². The first-order valence-electron chi connectivity index (χ1n) is 17.1. The SMILES string of the molecule is c1ccc(Nc2ccc(-c3ccc4c(c3)c3cc(-c5ccccc5)ccc3n4-c3ccc(-c4ccccc4)cc3)cc2-c2ccccc2)cc1. The van der Waals surface area contributed by atoms with E-state index >= 15 is 0 Å². The van der Waals surface area contributed by atoms with E-state index in [0.717, 1.165) is 17.1 Å². The second-order valence-corrected chi connectivity index (χ2v) is 12.7. The van der Waals surface area contributed by atoms with E-state index in [1.807, 2.05) is 6.07 Å². The number of para-hydroxylation sites is 1. The fraction of sp³-hybridized carbons (Fsp3) is 0. The van der Waals surface area contributed by atoms with Gasteiger partial charge in [-0.2, -0.15) is 0 Å². The lowest BCUT2D eigenvalue weighted by atomic mass is 9.96. The molecule has 0 bridgehead atoms. The van der Waals surface area contributed by atoms with Crippen LogP contribution < -0.4 is 5.32 Å². The predicted octanol–water partition coefficient (Wildman–Crippen LogP) is 13.2. The molecule has 0 amide bonds. The molecule has 1 aromatic heterocycles. The third-order valence-electron chi connectivity index (χ3n) is 9.60. The van der Waals surface area contributed by atoms with Crippen LogP contribution in [0.1, 0.15) is 0 Å². The van der Waals surface area contributed by atoms with E-state index in [2.05, 4.69) is 204 Å². The molecular formula is C48H34N2. The van der Waals surface area contributed by atoms with Crippen LogP contribution in [0.5, 0.6) is 0 Å². The first kappa shape index (κ1) is 29.5. The molecule has 9 aromatic rings. The molecule has 0 aliphatic carbocycles. The Labute approximate surface area is 292 Å². The summed E-state index contributed by atoms with van der Waals surface area (Å²) in [5, 5.41) is 6.13. The van der Waals surface area contributed by atoms with Crippen molar-refractivity contribution in [3.8, 4) is 50.2 Å². The Kier molecular flexibility index (Phi) is 7.53. The zero-order chi connectivity index (χ0) is 33.3. The third kappa shape index (κ3) is 5.53. The van der Waals surface area contributed by atoms with Gasteiger partial charge in [-0.15, -0.1) is 0 Å². The Balaban J connectivity index is 1.20. The van der Waals surface area contributed by atoms with Crippen LogP contribution in [-0.2, 0) is 0 Å². The lowest BCUT2D eigenvalue weighted by Gasteiger charge is -2.15. The van der Waals surface area contributed by atoms with Crippen LogP contribution in [0, 0.1) is 0 Å². The average molecular weight is 639 g/mol. The molecule has 0 fully saturated rings. The van der Waals surface area contributed by atoms with Crippen molar-refractivity contribution >= 4 is 33.2 Å². The van der Waals surface area contributed by atoms with Crippen LogP contribution in [0.25, 0.3) is 72.0 Å². The van der Waals surface area contributed by atoms with Crippen LogP contribution in [0.3, 0.4) is 0 Å². The van der Waals surface area contributed by atoms with Crippen molar-refractivity contribution in [3.05, 3.63) is 200 Å². The topological polar surface area (TPSA) is 17.0 Å². The highest BCUT2D eigenvalue weighted by Crippen LogP contribution is 2.39. The fourth-order valence-electron chi connectivity index (χ4n) is 7.09. The minimum absolute atomic E-state index is 1.07. The van der Waals surface area contributed by atoms with E-state index in [0.29, 0.717) is 0 Å². The van der Waals surface area contributed by atoms with Crippen LogP contribution in [0.2, 0.25) is 0 Å². The van der Waals surface area contributed by atoms with Gasteiger partial charge in [-0.1, -0.05) is 140 Å². The molecule has 0 saturated heterocycles. The smallest absolute Gasteiger partial charge is 0.0541 e. The molecule has 2 nitrogen and oxygen atoms in total. The summed E-state index contributed by atoms with van der Waals surface area (Å²) in [5.41, 5.74) is 15.2. The number of benzene rings is 8. The van der Waals surface area contributed by atoms with Gasteiger partial charge in [0.1, 0.15) is 0 Å². The van der Waals surface area contributed by atoms with Gasteiger partial charge in [0, 0.05) is 33.4 Å². The Morgan fingerprint density at radius 1 is 0.320 bits per heavy atom. The highest BCUT2D eigenvalue weighted by Gasteiger charge is 2.16. The van der Waals surface area contributed by atoms with Gasteiger partial charge in [0.05, 0.1) is 11.0 Å². The van der Waals surface area contributed by atoms with Crippen molar-refractivity contribution < 1.29 is 0 Å². The Bertz CT molecular complexity index is 2570. The van der Waals surface area contributed by atoms with Gasteiger partial charge in [-0.3, -0.25) is 0 Å². The molecule has 0 saturated carbocycles. The molecule has 1 heterocycles. The number of hydrogen-bond donors (Lipinski definition) is 1. The number of aromatic nitrogens is 1. The highest BCUT2D eigenvalue weighted by molar-refractivity contribution is 6.11. The number of rotatable bonds is 7. The number of anilines is 2. The van der Waals surface area contributed by atoms with Gasteiger partial charge in [0.15, 0.2) is 0 Å². The molecule has 0 spiro atoms. The molecule has 2 heteroatoms. The van der Waals surface area contributed by atoms with E-state index < -0.39 is 0 Å². The summed E-state index contributed by atoms with van der Waals surface area (Å²) >= 11 is 0. The highest BCUT2D eigenvalue weighted by atomic mass is 15.0. The van der Waals surface area contributed by atoms with E-state index in [1.54, 1.807) is 0 Å². The number of nitrogens with one attached hydrogen (secondary N) is 1. The zero-order valence-corrected chi connectivity index (χ0v) is 27.5. The molecule has 0 aliphatic heterocycles. The summed E-state index contributed by atoms with van der Waals surface area (Å²) in [6.45, 7) is 0. The summed E-state index contributed by atoms with van der Waals surface area (Å²) in [6.07, 6.45) is 0. The Morgan fingerprint density at radius 3 is 1.32 bits per heavy atom. The number of nitrogens with zero attached hydrogens (tertiary/aromatic N) is 1. The summed E-state index contributed by atoms with van der Waals surface area (Å²) in [7, 11) is 0. The molecular weight excluding hydrogens is 605 g/mol. The molecule has 50 heavy (non-hydrogen) atoms. The van der Waals surface area contributed by atoms with Crippen LogP contribution in [-0.4, -0.2) is 4.57 Å². The number of fused-ring (bicyclic) bond motifs is 3. The molecule has 9 rings (SSSR count). The molecule has 236 valence electrons. The lowest BCUT2D eigenvalue weighted by Crippen LogP contribution is -1.95. The molecule has 0 atom stereocenters. The number of hydrogen-bond acceptors (Lipinski definition) is 1. The van der Waals surface area contributed by atoms with E-state index in [-0.39, 0.29) is 0 Å². The van der Waals surface area contributed by atoms with Crippen LogP contribution in [0.4, 0.5) is 11.4 Å². The van der Waals surface area contributed by atoms with E-state index in [4.69, 9.17) is 0 Å². The maximum Gasteiger partial charge on any atom is 0.0541 e. The average Bonchev–Trinajstić information content (AvgIpc) is 3.52. The van der Waals surface area contributed by atoms with Crippen molar-refractivity contribution in [3.63, 3.8) is 0 Å². The van der Waals surface area contributed by atoms with Gasteiger partial charge in [-0.05, 0) is 99.6 Å². The van der Waals surface area contributed by atoms with Crippen molar-refractivity contribution in [1.29, 1.82) is 0 Å².